The summed E-state index contributed by atoms with van der Waals surface area (Å²) in [5, 5.41) is 0. The topological polar surface area (TPSA) is 0 Å². The Kier molecular flexibility index (Phi) is 6.08. The van der Waals surface area contributed by atoms with Crippen molar-refractivity contribution in [1.29, 1.82) is 0 Å². The molecule has 0 rings (SSSR count). The Bertz CT molecular complexity index is 214. The third-order valence-corrected chi connectivity index (χ3v) is 1.60. The molecular formula is C12H18. The molecular weight excluding hydrogens is 144 g/mol. The van der Waals surface area contributed by atoms with Crippen molar-refractivity contribution in [3.8, 4) is 0 Å². The lowest BCUT2D eigenvalue weighted by Gasteiger charge is -1.97. The lowest BCUT2D eigenvalue weighted by molar-refractivity contribution is 1.22. The van der Waals surface area contributed by atoms with Gasteiger partial charge in [-0.1, -0.05) is 43.9 Å². The normalized spacial score (nSPS) is 13.1. The van der Waals surface area contributed by atoms with E-state index in [9.17, 15) is 0 Å². The highest BCUT2D eigenvalue weighted by atomic mass is 13.9. The first-order valence-electron chi connectivity index (χ1n) is 4.37. The lowest BCUT2D eigenvalue weighted by Crippen LogP contribution is -1.76. The lowest BCUT2D eigenvalue weighted by atomic mass is 10.1. The summed E-state index contributed by atoms with van der Waals surface area (Å²) in [6, 6.07) is 0. The van der Waals surface area contributed by atoms with E-state index in [0.29, 0.717) is 0 Å². The molecule has 0 nitrogen and oxygen atoms in total. The van der Waals surface area contributed by atoms with Gasteiger partial charge in [-0.25, -0.2) is 0 Å². The summed E-state index contributed by atoms with van der Waals surface area (Å²) in [6.07, 6.45) is 11.4. The third-order valence-electron chi connectivity index (χ3n) is 1.60. The fraction of sp³-hybridized carbons (Fsp3) is 0.333. The quantitative estimate of drug-likeness (QED) is 0.547. The molecule has 12 heavy (non-hydrogen) atoms. The van der Waals surface area contributed by atoms with Crippen molar-refractivity contribution >= 4 is 0 Å². The van der Waals surface area contributed by atoms with Crippen LogP contribution in [0.4, 0.5) is 0 Å². The van der Waals surface area contributed by atoms with Gasteiger partial charge in [0.1, 0.15) is 0 Å². The molecule has 0 N–H and O–H groups in total. The molecule has 0 saturated heterocycles. The zero-order valence-corrected chi connectivity index (χ0v) is 8.30. The Balaban J connectivity index is 4.19. The highest BCUT2D eigenvalue weighted by Gasteiger charge is 1.88. The van der Waals surface area contributed by atoms with Gasteiger partial charge in [0, 0.05) is 0 Å². The monoisotopic (exact) mass is 162 g/mol. The summed E-state index contributed by atoms with van der Waals surface area (Å²) in [5.41, 5.74) is 2.31. The van der Waals surface area contributed by atoms with Crippen molar-refractivity contribution in [3.63, 3.8) is 0 Å². The van der Waals surface area contributed by atoms with Crippen LogP contribution in [0, 0.1) is 0 Å². The van der Waals surface area contributed by atoms with Crippen LogP contribution < -0.4 is 0 Å². The Hall–Kier alpha value is -1.04. The molecule has 0 aliphatic rings. The fourth-order valence-electron chi connectivity index (χ4n) is 0.739. The molecule has 0 aromatic heterocycles. The standard InChI is InChI=1S/C12H18/c1-5-7-9-11(3)12(4)10-8-6-2/h6-10H,3,5H2,1-2,4H3/b8-6-,9-7-,12-10+. The number of allylic oxidation sites excluding steroid dienone is 7. The van der Waals surface area contributed by atoms with E-state index < -0.39 is 0 Å². The highest BCUT2D eigenvalue weighted by Crippen LogP contribution is 2.08. The van der Waals surface area contributed by atoms with Crippen LogP contribution in [0.1, 0.15) is 27.2 Å². The maximum Gasteiger partial charge on any atom is -0.0303 e. The summed E-state index contributed by atoms with van der Waals surface area (Å²) < 4.78 is 0. The van der Waals surface area contributed by atoms with E-state index in [-0.39, 0.29) is 0 Å². The van der Waals surface area contributed by atoms with Crippen LogP contribution in [0.2, 0.25) is 0 Å². The van der Waals surface area contributed by atoms with Gasteiger partial charge in [0.05, 0.1) is 0 Å². The van der Waals surface area contributed by atoms with E-state index >= 15 is 0 Å². The Morgan fingerprint density at radius 1 is 1.42 bits per heavy atom. The first-order valence-corrected chi connectivity index (χ1v) is 4.37. The summed E-state index contributed by atoms with van der Waals surface area (Å²) in [4.78, 5) is 0. The van der Waals surface area contributed by atoms with Gasteiger partial charge < -0.3 is 0 Å². The zero-order valence-electron chi connectivity index (χ0n) is 8.30. The predicted octanol–water partition coefficient (Wildman–Crippen LogP) is 4.03. The van der Waals surface area contributed by atoms with Gasteiger partial charge in [0.25, 0.3) is 0 Å². The Labute approximate surface area is 76.0 Å². The van der Waals surface area contributed by atoms with Gasteiger partial charge >= 0.3 is 0 Å². The van der Waals surface area contributed by atoms with Crippen molar-refractivity contribution in [2.24, 2.45) is 0 Å². The van der Waals surface area contributed by atoms with Crippen LogP contribution in [-0.4, -0.2) is 0 Å². The van der Waals surface area contributed by atoms with Gasteiger partial charge in [-0.2, -0.15) is 0 Å². The van der Waals surface area contributed by atoms with Gasteiger partial charge in [0.15, 0.2) is 0 Å². The highest BCUT2D eigenvalue weighted by molar-refractivity contribution is 5.37. The smallest absolute Gasteiger partial charge is 0.0303 e. The molecule has 66 valence electrons. The van der Waals surface area contributed by atoms with Gasteiger partial charge in [-0.3, -0.25) is 0 Å². The molecule has 0 unspecified atom stereocenters. The maximum absolute atomic E-state index is 3.96. The molecule has 0 fully saturated rings. The molecule has 0 atom stereocenters. The first kappa shape index (κ1) is 11.0. The van der Waals surface area contributed by atoms with Crippen molar-refractivity contribution < 1.29 is 0 Å². The van der Waals surface area contributed by atoms with Crippen molar-refractivity contribution in [2.45, 2.75) is 27.2 Å². The third kappa shape index (κ3) is 4.73. The summed E-state index contributed by atoms with van der Waals surface area (Å²) in [6.45, 7) is 10.2. The molecule has 0 heterocycles. The molecule has 0 bridgehead atoms. The van der Waals surface area contributed by atoms with E-state index in [1.54, 1.807) is 0 Å². The second-order valence-electron chi connectivity index (χ2n) is 2.71. The van der Waals surface area contributed by atoms with Crippen molar-refractivity contribution in [1.82, 2.24) is 0 Å². The fourth-order valence-corrected chi connectivity index (χ4v) is 0.739. The minimum atomic E-state index is 1.07. The average Bonchev–Trinajstić information content (AvgIpc) is 2.10. The van der Waals surface area contributed by atoms with Crippen LogP contribution >= 0.6 is 0 Å². The predicted molar refractivity (Wildman–Crippen MR) is 57.1 cm³/mol. The van der Waals surface area contributed by atoms with Crippen LogP contribution in [-0.2, 0) is 0 Å². The van der Waals surface area contributed by atoms with Crippen LogP contribution in [0.5, 0.6) is 0 Å². The summed E-state index contributed by atoms with van der Waals surface area (Å²) in [7, 11) is 0. The molecule has 0 aliphatic carbocycles. The minimum Gasteiger partial charge on any atom is -0.0915 e. The van der Waals surface area contributed by atoms with Crippen LogP contribution in [0.3, 0.4) is 0 Å². The molecule has 0 saturated carbocycles. The van der Waals surface area contributed by atoms with Gasteiger partial charge in [0.2, 0.25) is 0 Å². The Morgan fingerprint density at radius 3 is 2.58 bits per heavy atom. The molecule has 0 radical (unpaired) electrons. The largest absolute Gasteiger partial charge is 0.0915 e. The maximum atomic E-state index is 3.96. The van der Waals surface area contributed by atoms with E-state index in [0.717, 1.165) is 12.0 Å². The van der Waals surface area contributed by atoms with Crippen molar-refractivity contribution in [3.05, 3.63) is 48.1 Å². The number of hydrogen-bond acceptors (Lipinski definition) is 0. The number of rotatable bonds is 4. The second kappa shape index (κ2) is 6.66. The number of hydrogen-bond donors (Lipinski definition) is 0. The minimum absolute atomic E-state index is 1.07. The molecule has 0 spiro atoms. The molecule has 0 aliphatic heterocycles. The van der Waals surface area contributed by atoms with E-state index in [1.165, 1.54) is 5.57 Å². The van der Waals surface area contributed by atoms with Gasteiger partial charge in [-0.05, 0) is 31.4 Å². The summed E-state index contributed by atoms with van der Waals surface area (Å²) >= 11 is 0. The zero-order chi connectivity index (χ0) is 9.40. The van der Waals surface area contributed by atoms with Crippen molar-refractivity contribution in [2.75, 3.05) is 0 Å². The van der Waals surface area contributed by atoms with Crippen LogP contribution in [0.25, 0.3) is 0 Å². The van der Waals surface area contributed by atoms with E-state index in [4.69, 9.17) is 0 Å². The second-order valence-corrected chi connectivity index (χ2v) is 2.71. The average molecular weight is 162 g/mol. The van der Waals surface area contributed by atoms with E-state index in [1.807, 2.05) is 19.1 Å². The first-order chi connectivity index (χ1) is 5.72. The van der Waals surface area contributed by atoms with Crippen LogP contribution in [0.15, 0.2) is 48.1 Å². The molecule has 0 heteroatoms. The SMILES string of the molecule is C=C(/C=C\CC)/C(C)=C/C=C\C. The molecule has 0 aromatic rings. The van der Waals surface area contributed by atoms with E-state index in [2.05, 4.69) is 38.7 Å². The molecule has 0 amide bonds. The molecule has 0 aromatic carbocycles. The summed E-state index contributed by atoms with van der Waals surface area (Å²) in [5.74, 6) is 0. The van der Waals surface area contributed by atoms with Gasteiger partial charge in [-0.15, -0.1) is 0 Å². The Morgan fingerprint density at radius 2 is 2.08 bits per heavy atom.